The lowest BCUT2D eigenvalue weighted by Crippen LogP contribution is -2.44. The summed E-state index contributed by atoms with van der Waals surface area (Å²) in [6.45, 7) is 9.74. The average Bonchev–Trinajstić information content (AvgIpc) is 3.27. The lowest BCUT2D eigenvalue weighted by molar-refractivity contribution is 0.0386. The largest absolute Gasteiger partial charge is 0.466 e. The Labute approximate surface area is 196 Å². The second-order valence-electron chi connectivity index (χ2n) is 7.99. The van der Waals surface area contributed by atoms with Crippen LogP contribution in [-0.4, -0.2) is 42.2 Å². The molecule has 3 heterocycles. The first-order chi connectivity index (χ1) is 14.0. The van der Waals surface area contributed by atoms with Gasteiger partial charge in [-0.3, -0.25) is 0 Å². The minimum atomic E-state index is -1.12. The zero-order chi connectivity index (χ0) is 20.7. The number of aromatic nitrogens is 1. The molecule has 0 aromatic carbocycles. The van der Waals surface area contributed by atoms with Gasteiger partial charge in [0.05, 0.1) is 19.4 Å². The van der Waals surface area contributed by atoms with Crippen molar-refractivity contribution in [2.75, 3.05) is 31.1 Å². The Hall–Kier alpha value is -1.81. The summed E-state index contributed by atoms with van der Waals surface area (Å²) in [5.41, 5.74) is -0.0661. The number of rotatable bonds is 7. The van der Waals surface area contributed by atoms with Gasteiger partial charge in [0.15, 0.2) is 5.96 Å². The molecule has 1 aliphatic rings. The molecule has 8 heteroatoms. The van der Waals surface area contributed by atoms with Gasteiger partial charge in [0.1, 0.15) is 17.2 Å². The van der Waals surface area contributed by atoms with Crippen molar-refractivity contribution in [1.29, 1.82) is 0 Å². The molecule has 1 aliphatic heterocycles. The van der Waals surface area contributed by atoms with E-state index in [2.05, 4.69) is 44.6 Å². The summed E-state index contributed by atoms with van der Waals surface area (Å²) < 4.78 is 5.32. The van der Waals surface area contributed by atoms with E-state index in [-0.39, 0.29) is 30.5 Å². The van der Waals surface area contributed by atoms with E-state index in [9.17, 15) is 5.11 Å². The molecule has 7 nitrogen and oxygen atoms in total. The van der Waals surface area contributed by atoms with Gasteiger partial charge in [-0.25, -0.2) is 9.98 Å². The molecular weight excluding hydrogens is 493 g/mol. The topological polar surface area (TPSA) is 85.9 Å². The molecule has 0 spiro atoms. The Morgan fingerprint density at radius 2 is 2.07 bits per heavy atom. The van der Waals surface area contributed by atoms with Gasteiger partial charge in [-0.15, -0.1) is 24.0 Å². The Kier molecular flexibility index (Phi) is 9.41. The third-order valence-corrected chi connectivity index (χ3v) is 5.33. The van der Waals surface area contributed by atoms with E-state index in [1.807, 2.05) is 13.1 Å². The molecular formula is C22H34IN5O2. The highest BCUT2D eigenvalue weighted by Crippen LogP contribution is 2.21. The zero-order valence-electron chi connectivity index (χ0n) is 18.1. The van der Waals surface area contributed by atoms with Gasteiger partial charge in [-0.2, -0.15) is 0 Å². The number of hydrogen-bond acceptors (Lipinski definition) is 5. The van der Waals surface area contributed by atoms with E-state index in [0.717, 1.165) is 36.9 Å². The number of aliphatic hydroxyl groups is 1. The second kappa shape index (κ2) is 11.5. The van der Waals surface area contributed by atoms with Crippen molar-refractivity contribution < 1.29 is 9.52 Å². The number of anilines is 1. The summed E-state index contributed by atoms with van der Waals surface area (Å²) in [7, 11) is 0. The van der Waals surface area contributed by atoms with Gasteiger partial charge in [-0.1, -0.05) is 13.0 Å². The van der Waals surface area contributed by atoms with Gasteiger partial charge in [0, 0.05) is 25.8 Å². The van der Waals surface area contributed by atoms with E-state index in [1.54, 1.807) is 25.3 Å². The van der Waals surface area contributed by atoms with Gasteiger partial charge >= 0.3 is 0 Å². The van der Waals surface area contributed by atoms with Crippen molar-refractivity contribution in [3.8, 4) is 0 Å². The Morgan fingerprint density at radius 1 is 1.30 bits per heavy atom. The van der Waals surface area contributed by atoms with E-state index in [0.29, 0.717) is 18.3 Å². The van der Waals surface area contributed by atoms with Crippen molar-refractivity contribution in [1.82, 2.24) is 15.6 Å². The molecule has 3 N–H and O–H groups in total. The summed E-state index contributed by atoms with van der Waals surface area (Å²) in [5.74, 6) is 3.02. The van der Waals surface area contributed by atoms with Crippen LogP contribution in [0.2, 0.25) is 0 Å². The third kappa shape index (κ3) is 6.87. The van der Waals surface area contributed by atoms with Gasteiger partial charge in [0.2, 0.25) is 0 Å². The predicted octanol–water partition coefficient (Wildman–Crippen LogP) is 3.49. The van der Waals surface area contributed by atoms with Crippen LogP contribution in [-0.2, 0) is 12.1 Å². The minimum absolute atomic E-state index is 0. The highest BCUT2D eigenvalue weighted by atomic mass is 127. The fourth-order valence-electron chi connectivity index (χ4n) is 3.38. The maximum absolute atomic E-state index is 10.6. The number of guanidine groups is 1. The predicted molar refractivity (Wildman–Crippen MR) is 131 cm³/mol. The smallest absolute Gasteiger partial charge is 0.191 e. The van der Waals surface area contributed by atoms with Crippen molar-refractivity contribution in [2.45, 2.75) is 45.8 Å². The molecule has 0 saturated carbocycles. The Morgan fingerprint density at radius 3 is 2.67 bits per heavy atom. The molecule has 1 unspecified atom stereocenters. The molecule has 0 radical (unpaired) electrons. The minimum Gasteiger partial charge on any atom is -0.466 e. The molecule has 1 fully saturated rings. The molecule has 166 valence electrons. The summed E-state index contributed by atoms with van der Waals surface area (Å²) >= 11 is 0. The van der Waals surface area contributed by atoms with Crippen LogP contribution >= 0.6 is 24.0 Å². The van der Waals surface area contributed by atoms with Gasteiger partial charge in [-0.05, 0) is 56.4 Å². The summed E-state index contributed by atoms with van der Waals surface area (Å²) in [6, 6.07) is 7.71. The first kappa shape index (κ1) is 24.5. The van der Waals surface area contributed by atoms with Crippen molar-refractivity contribution in [2.24, 2.45) is 10.9 Å². The van der Waals surface area contributed by atoms with Crippen molar-refractivity contribution in [3.05, 3.63) is 48.0 Å². The number of piperidine rings is 1. The Bertz CT molecular complexity index is 769. The molecule has 0 bridgehead atoms. The molecule has 0 aliphatic carbocycles. The number of hydrogen-bond donors (Lipinski definition) is 3. The lowest BCUT2D eigenvalue weighted by Gasteiger charge is -2.31. The Balaban J connectivity index is 0.00000320. The van der Waals surface area contributed by atoms with Crippen LogP contribution in [0.25, 0.3) is 0 Å². The van der Waals surface area contributed by atoms with Crippen LogP contribution in [0.5, 0.6) is 0 Å². The first-order valence-electron chi connectivity index (χ1n) is 10.5. The fourth-order valence-corrected chi connectivity index (χ4v) is 3.38. The van der Waals surface area contributed by atoms with Crippen LogP contribution < -0.4 is 15.5 Å². The summed E-state index contributed by atoms with van der Waals surface area (Å²) in [5, 5.41) is 17.0. The molecule has 30 heavy (non-hydrogen) atoms. The molecule has 3 rings (SSSR count). The molecule has 2 aromatic heterocycles. The van der Waals surface area contributed by atoms with E-state index < -0.39 is 5.60 Å². The number of pyridine rings is 1. The highest BCUT2D eigenvalue weighted by molar-refractivity contribution is 14.0. The maximum atomic E-state index is 10.6. The van der Waals surface area contributed by atoms with E-state index in [4.69, 9.17) is 4.42 Å². The van der Waals surface area contributed by atoms with Crippen molar-refractivity contribution in [3.63, 3.8) is 0 Å². The normalized spacial score (nSPS) is 17.2. The number of furan rings is 1. The number of nitrogens with one attached hydrogen (secondary N) is 2. The van der Waals surface area contributed by atoms with Crippen LogP contribution in [0.15, 0.2) is 46.1 Å². The highest BCUT2D eigenvalue weighted by Gasteiger charge is 2.26. The monoisotopic (exact) mass is 527 g/mol. The summed E-state index contributed by atoms with van der Waals surface area (Å²) in [4.78, 5) is 11.6. The zero-order valence-corrected chi connectivity index (χ0v) is 20.4. The van der Waals surface area contributed by atoms with Crippen LogP contribution in [0, 0.1) is 5.92 Å². The summed E-state index contributed by atoms with van der Waals surface area (Å²) in [6.07, 6.45) is 5.92. The van der Waals surface area contributed by atoms with Crippen molar-refractivity contribution >= 4 is 35.8 Å². The fraction of sp³-hybridized carbons (Fsp3) is 0.545. The van der Waals surface area contributed by atoms with Gasteiger partial charge < -0.3 is 25.1 Å². The molecule has 0 amide bonds. The standard InChI is InChI=1S/C22H33N5O2.HI/c1-4-23-21(26-16-22(3,28)19-6-5-13-29-19)25-15-18-7-8-20(24-14-18)27-11-9-17(2)10-12-27;/h5-8,13-14,17,28H,4,9-12,15-16H2,1-3H3,(H2,23,25,26);1H. The second-order valence-corrected chi connectivity index (χ2v) is 7.99. The lowest BCUT2D eigenvalue weighted by atomic mass is 9.99. The number of aliphatic imine (C=N–C) groups is 1. The van der Waals surface area contributed by atoms with E-state index >= 15 is 0 Å². The van der Waals surface area contributed by atoms with Crippen LogP contribution in [0.3, 0.4) is 0 Å². The molecule has 2 aromatic rings. The maximum Gasteiger partial charge on any atom is 0.191 e. The average molecular weight is 527 g/mol. The number of halogens is 1. The SMILES string of the molecule is CCNC(=NCc1ccc(N2CCC(C)CC2)nc1)NCC(C)(O)c1ccco1.I. The molecule has 1 saturated heterocycles. The van der Waals surface area contributed by atoms with E-state index in [1.165, 1.54) is 12.8 Å². The first-order valence-corrected chi connectivity index (χ1v) is 10.5. The van der Waals surface area contributed by atoms with Gasteiger partial charge in [0.25, 0.3) is 0 Å². The van der Waals surface area contributed by atoms with Crippen LogP contribution in [0.1, 0.15) is 44.9 Å². The van der Waals surface area contributed by atoms with Crippen LogP contribution in [0.4, 0.5) is 5.82 Å². The molecule has 1 atom stereocenters. The third-order valence-electron chi connectivity index (χ3n) is 5.33. The quantitative estimate of drug-likeness (QED) is 0.291. The number of nitrogens with zero attached hydrogens (tertiary/aromatic N) is 3.